The van der Waals surface area contributed by atoms with E-state index in [-0.39, 0.29) is 165 Å². The van der Waals surface area contributed by atoms with Crippen molar-refractivity contribution in [2.45, 2.75) is 50.3 Å². The molecule has 27 heteroatoms. The third-order valence-corrected chi connectivity index (χ3v) is 1.02. The van der Waals surface area contributed by atoms with Gasteiger partial charge in [0.05, 0.1) is 0 Å². The van der Waals surface area contributed by atoms with Crippen molar-refractivity contribution >= 4 is 0 Å². The van der Waals surface area contributed by atoms with Gasteiger partial charge in [0.25, 0.3) is 0 Å². The van der Waals surface area contributed by atoms with Crippen LogP contribution in [0.5, 0.6) is 0 Å². The van der Waals surface area contributed by atoms with E-state index in [0.29, 0.717) is 0 Å². The number of aliphatic hydroxyl groups excluding tert-OH is 8. The second-order valence-corrected chi connectivity index (χ2v) is 3.22. The molecule has 4 atom stereocenters. The minimum absolute atomic E-state index is 0. The molecule has 0 rings (SSSR count). The van der Waals surface area contributed by atoms with E-state index in [9.17, 15) is 20.4 Å². The van der Waals surface area contributed by atoms with Crippen LogP contribution >= 0.6 is 0 Å². The SMILES string of the molecule is O.O.O.O.O.O.[Cd].[O-]C(O)C(O)O.[O-]C(O)C(O)O.[O-]C(O)C(O)O.[O-]C(O)C(O)O.[Zr].[Zr].[Zr].[Zr]. The average Bonchev–Trinajstić information content (AvgIpc) is 2.40. The summed E-state index contributed by atoms with van der Waals surface area (Å²) in [7, 11) is 0. The van der Waals surface area contributed by atoms with Crippen LogP contribution in [0, 0.1) is 0 Å². The maximum atomic E-state index is 9.28. The van der Waals surface area contributed by atoms with Gasteiger partial charge in [0.1, 0.15) is 0 Å². The summed E-state index contributed by atoms with van der Waals surface area (Å²) in [5, 5.41) is 128. The van der Waals surface area contributed by atoms with Gasteiger partial charge in [0.15, 0.2) is 25.2 Å². The van der Waals surface area contributed by atoms with Crippen molar-refractivity contribution in [1.82, 2.24) is 0 Å². The van der Waals surface area contributed by atoms with Crippen LogP contribution in [0.4, 0.5) is 0 Å². The van der Waals surface area contributed by atoms with Gasteiger partial charge in [-0.3, -0.25) is 0 Å². The Morgan fingerprint density at radius 3 is 0.314 bits per heavy atom. The van der Waals surface area contributed by atoms with Crippen LogP contribution in [0.2, 0.25) is 0 Å². The van der Waals surface area contributed by atoms with Gasteiger partial charge in [0.2, 0.25) is 0 Å². The van der Waals surface area contributed by atoms with Crippen LogP contribution in [0.25, 0.3) is 0 Å². The zero-order valence-electron chi connectivity index (χ0n) is 17.3. The standard InChI is InChI=1S/4C2H5O4.Cd.6H2O.4Zr/c4*3-1(4)2(5)6;;;;;;;;;;;/h4*1-5H;;6*1H2;;;;/q4*-1;;;;;;;;;;;. The summed E-state index contributed by atoms with van der Waals surface area (Å²) in [6.07, 6.45) is -17.7. The molecule has 0 radical (unpaired) electrons. The first kappa shape index (κ1) is 98.0. The van der Waals surface area contributed by atoms with E-state index in [4.69, 9.17) is 61.3 Å². The van der Waals surface area contributed by atoms with Gasteiger partial charge >= 0.3 is 0 Å². The van der Waals surface area contributed by atoms with Crippen LogP contribution in [0.1, 0.15) is 0 Å². The van der Waals surface area contributed by atoms with Crippen molar-refractivity contribution in [2.75, 3.05) is 0 Å². The minimum atomic E-state index is -2.29. The third-order valence-electron chi connectivity index (χ3n) is 1.02. The second-order valence-electron chi connectivity index (χ2n) is 3.22. The number of rotatable bonds is 4. The van der Waals surface area contributed by atoms with Gasteiger partial charge in [-0.1, -0.05) is 0 Å². The second kappa shape index (κ2) is 66.1. The van der Waals surface area contributed by atoms with Crippen molar-refractivity contribution in [1.29, 1.82) is 0 Å². The summed E-state index contributed by atoms with van der Waals surface area (Å²) in [6, 6.07) is 0. The number of aliphatic hydroxyl groups is 12. The molecule has 0 aliphatic carbocycles. The fourth-order valence-corrected chi connectivity index (χ4v) is 0. The van der Waals surface area contributed by atoms with Crippen LogP contribution in [-0.2, 0) is 132 Å². The first-order valence-electron chi connectivity index (χ1n) is 5.37. The van der Waals surface area contributed by atoms with E-state index in [1.54, 1.807) is 0 Å². The molecule has 0 aromatic carbocycles. The molecule has 24 N–H and O–H groups in total. The molecule has 22 nitrogen and oxygen atoms in total. The van der Waals surface area contributed by atoms with Crippen LogP contribution in [0.3, 0.4) is 0 Å². The maximum absolute atomic E-state index is 9.28. The van der Waals surface area contributed by atoms with Crippen molar-refractivity contribution < 1.29 is 247 Å². The van der Waals surface area contributed by atoms with Gasteiger partial charge in [-0.2, -0.15) is 0 Å². The minimum Gasteiger partial charge on any atom is -0.828 e. The summed E-state index contributed by atoms with van der Waals surface area (Å²) < 4.78 is 0. The zero-order valence-corrected chi connectivity index (χ0v) is 31.2. The molecule has 0 amide bonds. The van der Waals surface area contributed by atoms with Crippen LogP contribution < -0.4 is 20.4 Å². The van der Waals surface area contributed by atoms with Crippen molar-refractivity contribution in [3.63, 3.8) is 0 Å². The van der Waals surface area contributed by atoms with Gasteiger partial charge < -0.3 is 115 Å². The van der Waals surface area contributed by atoms with Crippen molar-refractivity contribution in [3.8, 4) is 0 Å². The molecule has 0 aromatic heterocycles. The molecular formula is C8H32CdO22Zr4-4. The van der Waals surface area contributed by atoms with E-state index >= 15 is 0 Å². The summed E-state index contributed by atoms with van der Waals surface area (Å²) in [5.41, 5.74) is 0. The Hall–Kier alpha value is 3.57. The first-order chi connectivity index (χ1) is 10.6. The zero-order chi connectivity index (χ0) is 20.6. The molecule has 0 aliphatic rings. The molecule has 4 unspecified atom stereocenters. The van der Waals surface area contributed by atoms with E-state index in [2.05, 4.69) is 0 Å². The first-order valence-corrected chi connectivity index (χ1v) is 5.37. The molecule has 0 fully saturated rings. The predicted molar refractivity (Wildman–Crippen MR) is 78.6 cm³/mol. The molecule has 0 aromatic rings. The van der Waals surface area contributed by atoms with E-state index in [1.807, 2.05) is 0 Å². The topological polar surface area (TPSA) is 524 Å². The quantitative estimate of drug-likeness (QED) is 0.0920. The fraction of sp³-hybridized carbons (Fsp3) is 1.00. The average molecular weight is 958 g/mol. The molecule has 0 bridgehead atoms. The Kier molecular flexibility index (Phi) is 185. The number of hydrogen-bond donors (Lipinski definition) is 12. The van der Waals surface area contributed by atoms with Crippen molar-refractivity contribution in [3.05, 3.63) is 0 Å². The normalized spacial score (nSPS) is 10.6. The Bertz CT molecular complexity index is 181. The van der Waals surface area contributed by atoms with Gasteiger partial charge in [-0.15, -0.1) is 0 Å². The van der Waals surface area contributed by atoms with Gasteiger partial charge in [-0.25, -0.2) is 0 Å². The summed E-state index contributed by atoms with van der Waals surface area (Å²) in [5.74, 6) is 0. The molecule has 0 saturated heterocycles. The van der Waals surface area contributed by atoms with E-state index in [1.165, 1.54) is 0 Å². The smallest absolute Gasteiger partial charge is 0.162 e. The van der Waals surface area contributed by atoms with Crippen LogP contribution in [0.15, 0.2) is 0 Å². The largest absolute Gasteiger partial charge is 0.828 e. The molecule has 0 heterocycles. The third kappa shape index (κ3) is 124. The molecule has 35 heavy (non-hydrogen) atoms. The van der Waals surface area contributed by atoms with Gasteiger partial charge in [0, 0.05) is 157 Å². The summed E-state index contributed by atoms with van der Waals surface area (Å²) in [6.45, 7) is 0. The summed E-state index contributed by atoms with van der Waals surface area (Å²) >= 11 is 0. The van der Waals surface area contributed by atoms with E-state index < -0.39 is 50.3 Å². The molecule has 0 spiro atoms. The molecule has 0 saturated carbocycles. The Balaban J connectivity index is -0.0000000106. The molecule has 0 aliphatic heterocycles. The summed E-state index contributed by atoms with van der Waals surface area (Å²) in [4.78, 5) is 0. The predicted octanol–water partition coefficient (Wildman–Crippen LogP) is -17.1. The number of hydrogen-bond acceptors (Lipinski definition) is 16. The molecule has 218 valence electrons. The van der Waals surface area contributed by atoms with E-state index in [0.717, 1.165) is 0 Å². The Labute approximate surface area is 293 Å². The fourth-order valence-electron chi connectivity index (χ4n) is 0. The Morgan fingerprint density at radius 1 is 0.286 bits per heavy atom. The monoisotopic (exact) mass is 954 g/mol. The Morgan fingerprint density at radius 2 is 0.314 bits per heavy atom. The molecular weight excluding hydrogens is 925 g/mol. The van der Waals surface area contributed by atoms with Gasteiger partial charge in [-0.05, 0) is 0 Å². The maximum Gasteiger partial charge on any atom is 0.162 e. The van der Waals surface area contributed by atoms with Crippen LogP contribution in [-0.4, -0.2) is 144 Å². The van der Waals surface area contributed by atoms with Crippen molar-refractivity contribution in [2.24, 2.45) is 0 Å².